The summed E-state index contributed by atoms with van der Waals surface area (Å²) in [4.78, 5) is 19.7. The van der Waals surface area contributed by atoms with E-state index in [1.807, 2.05) is 6.92 Å². The molecule has 4 atom stereocenters. The van der Waals surface area contributed by atoms with Crippen molar-refractivity contribution in [1.82, 2.24) is 19.9 Å². The smallest absolute Gasteiger partial charge is 0.319 e. The van der Waals surface area contributed by atoms with Crippen molar-refractivity contribution in [2.45, 2.75) is 43.1 Å². The first-order valence-corrected chi connectivity index (χ1v) is 15.9. The van der Waals surface area contributed by atoms with E-state index in [-0.39, 0.29) is 28.4 Å². The number of alkyl halides is 1. The largest absolute Gasteiger partial charge is 0.461 e. The minimum atomic E-state index is -0.470. The summed E-state index contributed by atoms with van der Waals surface area (Å²) in [6.07, 6.45) is 10.7. The van der Waals surface area contributed by atoms with Gasteiger partial charge in [0.2, 0.25) is 0 Å². The molecule has 0 amide bonds. The van der Waals surface area contributed by atoms with Crippen LogP contribution in [0.15, 0.2) is 42.6 Å². The molecule has 0 bridgehead atoms. The molecule has 2 aromatic heterocycles. The Kier molecular flexibility index (Phi) is 6.68. The molecule has 3 aliphatic heterocycles. The van der Waals surface area contributed by atoms with Gasteiger partial charge in [0.05, 0.1) is 52.3 Å². The molecule has 10 heteroatoms. The van der Waals surface area contributed by atoms with Gasteiger partial charge in [0.1, 0.15) is 18.2 Å². The fourth-order valence-corrected chi connectivity index (χ4v) is 8.32. The van der Waals surface area contributed by atoms with Crippen molar-refractivity contribution in [3.05, 3.63) is 59.6 Å². The monoisotopic (exact) mass is 624 g/mol. The minimum absolute atomic E-state index is 0.0285. The summed E-state index contributed by atoms with van der Waals surface area (Å²) in [7, 11) is 0. The van der Waals surface area contributed by atoms with E-state index in [2.05, 4.69) is 22.3 Å². The first-order chi connectivity index (χ1) is 21.8. The summed E-state index contributed by atoms with van der Waals surface area (Å²) in [6, 6.07) is 7.05. The highest BCUT2D eigenvalue weighted by molar-refractivity contribution is 6.24. The Balaban J connectivity index is 1.29. The highest BCUT2D eigenvalue weighted by atomic mass is 35.5. The quantitative estimate of drug-likeness (QED) is 0.135. The Morgan fingerprint density at radius 2 is 2.16 bits per heavy atom. The molecule has 8 nitrogen and oxygen atoms in total. The van der Waals surface area contributed by atoms with E-state index in [1.54, 1.807) is 24.4 Å². The van der Waals surface area contributed by atoms with Crippen LogP contribution in [0.25, 0.3) is 32.9 Å². The zero-order chi connectivity index (χ0) is 31.0. The van der Waals surface area contributed by atoms with Crippen LogP contribution in [-0.4, -0.2) is 76.3 Å². The van der Waals surface area contributed by atoms with E-state index in [0.717, 1.165) is 54.5 Å². The molecular weight excluding hydrogens is 591 g/mol. The second kappa shape index (κ2) is 10.5. The van der Waals surface area contributed by atoms with Crippen molar-refractivity contribution in [3.63, 3.8) is 0 Å². The maximum Gasteiger partial charge on any atom is 0.319 e. The molecule has 0 radical (unpaired) electrons. The molecule has 230 valence electrons. The average molecular weight is 625 g/mol. The van der Waals surface area contributed by atoms with Crippen molar-refractivity contribution in [2.75, 3.05) is 50.1 Å². The molecule has 5 heterocycles. The third-order valence-electron chi connectivity index (χ3n) is 10.1. The third-order valence-corrected chi connectivity index (χ3v) is 10.7. The van der Waals surface area contributed by atoms with E-state index in [1.165, 1.54) is 11.6 Å². The van der Waals surface area contributed by atoms with Crippen molar-refractivity contribution >= 4 is 44.8 Å². The summed E-state index contributed by atoms with van der Waals surface area (Å²) in [5, 5.41) is 2.08. The van der Waals surface area contributed by atoms with E-state index >= 15 is 0 Å². The van der Waals surface area contributed by atoms with Gasteiger partial charge in [-0.05, 0) is 56.3 Å². The number of rotatable bonds is 5. The van der Waals surface area contributed by atoms with Gasteiger partial charge in [-0.25, -0.2) is 4.39 Å². The number of aromatic nitrogens is 3. The zero-order valence-electron chi connectivity index (χ0n) is 25.2. The average Bonchev–Trinajstić information content (AvgIpc) is 3.43. The lowest BCUT2D eigenvalue weighted by Crippen LogP contribution is -2.43. The summed E-state index contributed by atoms with van der Waals surface area (Å²) in [6.45, 7) is 10.5. The Morgan fingerprint density at radius 1 is 1.29 bits per heavy atom. The number of hydrogen-bond acceptors (Lipinski definition) is 8. The van der Waals surface area contributed by atoms with Crippen LogP contribution in [0.3, 0.4) is 0 Å². The topological polar surface area (TPSA) is 89.6 Å². The van der Waals surface area contributed by atoms with Crippen molar-refractivity contribution in [3.8, 4) is 29.6 Å². The second-order valence-electron chi connectivity index (χ2n) is 12.9. The maximum atomic E-state index is 14.9. The molecule has 4 aliphatic rings. The summed E-state index contributed by atoms with van der Waals surface area (Å²) in [5.41, 5.74) is 10.9. The number of hydrogen-bond donors (Lipinski definition) is 1. The SMILES string of the molecule is C#Cc1c(F)ccc2cc(N)cc(-c3ncc4c(N5CCOCC6C(Cl)C65)nc(OC[C@@]56CCCN5CC(=C)C6)nc4c3C)c12. The van der Waals surface area contributed by atoms with Crippen LogP contribution in [-0.2, 0) is 4.74 Å². The highest BCUT2D eigenvalue weighted by Gasteiger charge is 2.54. The number of aryl methyl sites for hydroxylation is 1. The standard InChI is InChI=1S/C35H34ClFN6O2/c1-4-23-27(37)7-6-21-12-22(38)13-24(28(21)23)30-20(3)31-25(15-39-30)33(43-10-11-44-17-26-29(36)32(26)43)41-34(40-31)45-18-35-8-5-9-42(35)16-19(2)14-35/h1,6-7,12-13,15,26,29,32H,2,5,8-11,14,16-18,38H2,3H3/t26?,29?,32?,35-/m0/s1. The van der Waals surface area contributed by atoms with Crippen LogP contribution < -0.4 is 15.4 Å². The van der Waals surface area contributed by atoms with Gasteiger partial charge in [-0.2, -0.15) is 9.97 Å². The number of ether oxygens (including phenoxy) is 2. The number of anilines is 2. The summed E-state index contributed by atoms with van der Waals surface area (Å²) < 4.78 is 27.3. The lowest BCUT2D eigenvalue weighted by Gasteiger charge is -2.31. The van der Waals surface area contributed by atoms with Gasteiger partial charge in [-0.1, -0.05) is 24.1 Å². The lowest BCUT2D eigenvalue weighted by molar-refractivity contribution is 0.108. The fraction of sp³-hybridized carbons (Fsp3) is 0.400. The van der Waals surface area contributed by atoms with E-state index in [4.69, 9.17) is 48.2 Å². The van der Waals surface area contributed by atoms with Crippen LogP contribution in [0.1, 0.15) is 30.4 Å². The molecule has 4 aromatic rings. The van der Waals surface area contributed by atoms with Gasteiger partial charge in [-0.3, -0.25) is 9.88 Å². The summed E-state index contributed by atoms with van der Waals surface area (Å²) in [5.74, 6) is 3.02. The zero-order valence-corrected chi connectivity index (χ0v) is 25.9. The number of nitrogens with zero attached hydrogens (tertiary/aromatic N) is 5. The Morgan fingerprint density at radius 3 is 3.00 bits per heavy atom. The molecule has 3 saturated heterocycles. The van der Waals surface area contributed by atoms with Gasteiger partial charge in [-0.15, -0.1) is 18.0 Å². The number of pyridine rings is 1. The fourth-order valence-electron chi connectivity index (χ4n) is 7.86. The molecule has 45 heavy (non-hydrogen) atoms. The van der Waals surface area contributed by atoms with Crippen molar-refractivity contribution in [1.29, 1.82) is 0 Å². The van der Waals surface area contributed by atoms with Crippen LogP contribution >= 0.6 is 11.6 Å². The van der Waals surface area contributed by atoms with Gasteiger partial charge >= 0.3 is 6.01 Å². The molecular formula is C35H34ClFN6O2. The highest BCUT2D eigenvalue weighted by Crippen LogP contribution is 2.47. The Bertz CT molecular complexity index is 1940. The normalized spacial score (nSPS) is 26.1. The second-order valence-corrected chi connectivity index (χ2v) is 13.4. The number of nitrogens with two attached hydrogens (primary N) is 1. The Labute approximate surface area is 266 Å². The number of nitrogen functional groups attached to an aromatic ring is 1. The number of benzene rings is 2. The van der Waals surface area contributed by atoms with Gasteiger partial charge in [0.25, 0.3) is 0 Å². The number of terminal acetylenes is 1. The molecule has 3 unspecified atom stereocenters. The van der Waals surface area contributed by atoms with Crippen molar-refractivity contribution in [2.24, 2.45) is 5.92 Å². The maximum absolute atomic E-state index is 14.9. The van der Waals surface area contributed by atoms with E-state index in [9.17, 15) is 4.39 Å². The molecule has 2 aromatic carbocycles. The third kappa shape index (κ3) is 4.53. The van der Waals surface area contributed by atoms with Crippen LogP contribution in [0.4, 0.5) is 15.9 Å². The van der Waals surface area contributed by atoms with Crippen LogP contribution in [0, 0.1) is 31.0 Å². The van der Waals surface area contributed by atoms with E-state index < -0.39 is 5.82 Å². The number of fused-ring (bicyclic) bond motifs is 4. The van der Waals surface area contributed by atoms with Gasteiger partial charge in [0.15, 0.2) is 0 Å². The first kappa shape index (κ1) is 28.5. The molecule has 2 N–H and O–H groups in total. The molecule has 8 rings (SSSR count). The predicted octanol–water partition coefficient (Wildman–Crippen LogP) is 5.47. The molecule has 1 saturated carbocycles. The van der Waals surface area contributed by atoms with Crippen molar-refractivity contribution < 1.29 is 13.9 Å². The van der Waals surface area contributed by atoms with E-state index in [0.29, 0.717) is 60.2 Å². The number of halogens is 2. The lowest BCUT2D eigenvalue weighted by atomic mass is 9.94. The Hall–Kier alpha value is -3.97. The molecule has 1 aliphatic carbocycles. The van der Waals surface area contributed by atoms with Gasteiger partial charge in [0, 0.05) is 47.4 Å². The van der Waals surface area contributed by atoms with Crippen LogP contribution in [0.5, 0.6) is 6.01 Å². The van der Waals surface area contributed by atoms with Crippen LogP contribution in [0.2, 0.25) is 0 Å². The minimum Gasteiger partial charge on any atom is -0.461 e. The first-order valence-electron chi connectivity index (χ1n) is 15.5. The summed E-state index contributed by atoms with van der Waals surface area (Å²) >= 11 is 6.75. The molecule has 4 fully saturated rings. The van der Waals surface area contributed by atoms with Gasteiger partial charge < -0.3 is 20.1 Å². The molecule has 0 spiro atoms. The predicted molar refractivity (Wildman–Crippen MR) is 175 cm³/mol.